The Morgan fingerprint density at radius 3 is 2.40 bits per heavy atom. The first-order valence-electron chi connectivity index (χ1n) is 7.13. The van der Waals surface area contributed by atoms with Crippen LogP contribution in [-0.4, -0.2) is 23.6 Å². The fourth-order valence-corrected chi connectivity index (χ4v) is 1.75. The smallest absolute Gasteiger partial charge is 0.140 e. The van der Waals surface area contributed by atoms with E-state index in [0.717, 1.165) is 5.56 Å². The summed E-state index contributed by atoms with van der Waals surface area (Å²) in [5, 5.41) is 10.0. The SMILES string of the molecule is C[C@H](COCc1ccccc1)[C@H](O)CC(=O)C(C)(C)C. The molecule has 112 valence electrons. The van der Waals surface area contributed by atoms with Gasteiger partial charge in [0.2, 0.25) is 0 Å². The maximum atomic E-state index is 11.9. The molecule has 2 atom stereocenters. The number of benzene rings is 1. The van der Waals surface area contributed by atoms with Crippen LogP contribution in [0.5, 0.6) is 0 Å². The van der Waals surface area contributed by atoms with E-state index < -0.39 is 11.5 Å². The summed E-state index contributed by atoms with van der Waals surface area (Å²) < 4.78 is 5.60. The average molecular weight is 278 g/mol. The Balaban J connectivity index is 2.32. The minimum Gasteiger partial charge on any atom is -0.392 e. The Hall–Kier alpha value is -1.19. The monoisotopic (exact) mass is 278 g/mol. The standard InChI is InChI=1S/C17H26O3/c1-13(15(18)10-16(19)17(2,3)4)11-20-12-14-8-6-5-7-9-14/h5-9,13,15,18H,10-12H2,1-4H3/t13-,15-/m1/s1. The van der Waals surface area contributed by atoms with Gasteiger partial charge in [-0.2, -0.15) is 0 Å². The van der Waals surface area contributed by atoms with E-state index in [1.807, 2.05) is 58.0 Å². The summed E-state index contributed by atoms with van der Waals surface area (Å²) in [4.78, 5) is 11.9. The van der Waals surface area contributed by atoms with Gasteiger partial charge in [-0.05, 0) is 5.56 Å². The number of hydrogen-bond donors (Lipinski definition) is 1. The molecule has 0 saturated heterocycles. The van der Waals surface area contributed by atoms with Crippen LogP contribution in [0.2, 0.25) is 0 Å². The first-order valence-corrected chi connectivity index (χ1v) is 7.13. The van der Waals surface area contributed by atoms with Gasteiger partial charge in [0.05, 0.1) is 19.3 Å². The van der Waals surface area contributed by atoms with Gasteiger partial charge in [0.15, 0.2) is 0 Å². The van der Waals surface area contributed by atoms with E-state index in [9.17, 15) is 9.90 Å². The zero-order valence-corrected chi connectivity index (χ0v) is 12.9. The Kier molecular flexibility index (Phi) is 6.37. The Labute approximate surface area is 122 Å². The molecule has 3 heteroatoms. The second kappa shape index (κ2) is 7.55. The number of ketones is 1. The van der Waals surface area contributed by atoms with Crippen LogP contribution in [0, 0.1) is 11.3 Å². The largest absolute Gasteiger partial charge is 0.392 e. The van der Waals surface area contributed by atoms with Gasteiger partial charge in [-0.3, -0.25) is 4.79 Å². The third kappa shape index (κ3) is 5.85. The van der Waals surface area contributed by atoms with E-state index in [0.29, 0.717) is 13.2 Å². The lowest BCUT2D eigenvalue weighted by Crippen LogP contribution is -2.30. The van der Waals surface area contributed by atoms with Gasteiger partial charge in [-0.15, -0.1) is 0 Å². The Morgan fingerprint density at radius 1 is 1.25 bits per heavy atom. The number of Topliss-reactive ketones (excluding diaryl/α,β-unsaturated/α-hetero) is 1. The van der Waals surface area contributed by atoms with Crippen LogP contribution in [0.1, 0.15) is 39.7 Å². The summed E-state index contributed by atoms with van der Waals surface area (Å²) in [5.41, 5.74) is 0.714. The van der Waals surface area contributed by atoms with Crippen molar-refractivity contribution in [1.82, 2.24) is 0 Å². The average Bonchev–Trinajstić information content (AvgIpc) is 2.38. The molecule has 3 nitrogen and oxygen atoms in total. The van der Waals surface area contributed by atoms with Gasteiger partial charge in [0.1, 0.15) is 5.78 Å². The van der Waals surface area contributed by atoms with Crippen LogP contribution < -0.4 is 0 Å². The second-order valence-electron chi connectivity index (χ2n) is 6.42. The molecule has 0 saturated carbocycles. The quantitative estimate of drug-likeness (QED) is 0.833. The van der Waals surface area contributed by atoms with E-state index in [-0.39, 0.29) is 18.1 Å². The van der Waals surface area contributed by atoms with Crippen molar-refractivity contribution in [1.29, 1.82) is 0 Å². The molecular weight excluding hydrogens is 252 g/mol. The number of rotatable bonds is 7. The molecule has 1 rings (SSSR count). The van der Waals surface area contributed by atoms with Crippen molar-refractivity contribution in [3.63, 3.8) is 0 Å². The van der Waals surface area contributed by atoms with Gasteiger partial charge >= 0.3 is 0 Å². The molecule has 1 aromatic carbocycles. The van der Waals surface area contributed by atoms with Crippen LogP contribution in [-0.2, 0) is 16.1 Å². The number of ether oxygens (including phenoxy) is 1. The summed E-state index contributed by atoms with van der Waals surface area (Å²) >= 11 is 0. The summed E-state index contributed by atoms with van der Waals surface area (Å²) in [6.45, 7) is 8.51. The summed E-state index contributed by atoms with van der Waals surface area (Å²) in [5.74, 6) is 0.0323. The lowest BCUT2D eigenvalue weighted by Gasteiger charge is -2.22. The number of hydrogen-bond acceptors (Lipinski definition) is 3. The van der Waals surface area contributed by atoms with Crippen LogP contribution in [0.4, 0.5) is 0 Å². The van der Waals surface area contributed by atoms with Crippen molar-refractivity contribution in [2.45, 2.75) is 46.8 Å². The normalized spacial score (nSPS) is 14.8. The lowest BCUT2D eigenvalue weighted by atomic mass is 9.85. The van der Waals surface area contributed by atoms with Crippen molar-refractivity contribution in [3.8, 4) is 0 Å². The number of carbonyl (C=O) groups excluding carboxylic acids is 1. The highest BCUT2D eigenvalue weighted by Gasteiger charge is 2.26. The van der Waals surface area contributed by atoms with Gasteiger partial charge in [-0.1, -0.05) is 58.0 Å². The maximum Gasteiger partial charge on any atom is 0.140 e. The molecule has 0 aliphatic carbocycles. The van der Waals surface area contributed by atoms with Crippen LogP contribution >= 0.6 is 0 Å². The van der Waals surface area contributed by atoms with Crippen LogP contribution in [0.25, 0.3) is 0 Å². The van der Waals surface area contributed by atoms with E-state index in [4.69, 9.17) is 4.74 Å². The predicted octanol–water partition coefficient (Wildman–Crippen LogP) is 3.21. The molecule has 1 N–H and O–H groups in total. The highest BCUT2D eigenvalue weighted by Crippen LogP contribution is 2.20. The van der Waals surface area contributed by atoms with Crippen molar-refractivity contribution in [2.75, 3.05) is 6.61 Å². The van der Waals surface area contributed by atoms with Crippen molar-refractivity contribution < 1.29 is 14.6 Å². The fourth-order valence-electron chi connectivity index (χ4n) is 1.75. The summed E-state index contributed by atoms with van der Waals surface area (Å²) in [6.07, 6.45) is -0.447. The molecule has 0 fully saturated rings. The van der Waals surface area contributed by atoms with Gasteiger partial charge < -0.3 is 9.84 Å². The second-order valence-corrected chi connectivity index (χ2v) is 6.42. The van der Waals surface area contributed by atoms with Crippen molar-refractivity contribution in [2.24, 2.45) is 11.3 Å². The minimum atomic E-state index is -0.641. The summed E-state index contributed by atoms with van der Waals surface area (Å²) in [7, 11) is 0. The lowest BCUT2D eigenvalue weighted by molar-refractivity contribution is -0.129. The van der Waals surface area contributed by atoms with E-state index >= 15 is 0 Å². The summed E-state index contributed by atoms with van der Waals surface area (Å²) in [6, 6.07) is 9.92. The zero-order valence-electron chi connectivity index (χ0n) is 12.9. The van der Waals surface area contributed by atoms with E-state index in [1.54, 1.807) is 0 Å². The molecule has 0 aromatic heterocycles. The van der Waals surface area contributed by atoms with Gasteiger partial charge in [-0.25, -0.2) is 0 Å². The molecule has 0 aliphatic rings. The molecule has 0 bridgehead atoms. The number of aliphatic hydroxyl groups excluding tert-OH is 1. The zero-order chi connectivity index (χ0) is 15.2. The molecule has 0 spiro atoms. The maximum absolute atomic E-state index is 11.9. The van der Waals surface area contributed by atoms with Crippen LogP contribution in [0.3, 0.4) is 0 Å². The third-order valence-corrected chi connectivity index (χ3v) is 3.38. The van der Waals surface area contributed by atoms with Crippen molar-refractivity contribution in [3.05, 3.63) is 35.9 Å². The highest BCUT2D eigenvalue weighted by atomic mass is 16.5. The molecular formula is C17H26O3. The van der Waals surface area contributed by atoms with E-state index in [2.05, 4.69) is 0 Å². The molecule has 0 amide bonds. The molecule has 1 aromatic rings. The number of aliphatic hydroxyl groups is 1. The Morgan fingerprint density at radius 2 is 1.85 bits per heavy atom. The molecule has 0 aliphatic heterocycles. The third-order valence-electron chi connectivity index (χ3n) is 3.38. The fraction of sp³-hybridized carbons (Fsp3) is 0.588. The predicted molar refractivity (Wildman–Crippen MR) is 80.3 cm³/mol. The topological polar surface area (TPSA) is 46.5 Å². The molecule has 20 heavy (non-hydrogen) atoms. The molecule has 0 unspecified atom stereocenters. The highest BCUT2D eigenvalue weighted by molar-refractivity contribution is 5.84. The van der Waals surface area contributed by atoms with Gasteiger partial charge in [0.25, 0.3) is 0 Å². The van der Waals surface area contributed by atoms with Gasteiger partial charge in [0, 0.05) is 17.8 Å². The minimum absolute atomic E-state index is 0.0509. The number of carbonyl (C=O) groups is 1. The first kappa shape index (κ1) is 16.9. The first-order chi connectivity index (χ1) is 9.30. The van der Waals surface area contributed by atoms with Crippen LogP contribution in [0.15, 0.2) is 30.3 Å². The molecule has 0 radical (unpaired) electrons. The molecule has 0 heterocycles. The van der Waals surface area contributed by atoms with Crippen molar-refractivity contribution >= 4 is 5.78 Å². The van der Waals surface area contributed by atoms with E-state index in [1.165, 1.54) is 0 Å². The Bertz CT molecular complexity index is 406.